The third-order valence-electron chi connectivity index (χ3n) is 5.92. The number of fused-ring (bicyclic) bond motifs is 2. The van der Waals surface area contributed by atoms with Crippen molar-refractivity contribution in [2.24, 2.45) is 5.92 Å². The van der Waals surface area contributed by atoms with Crippen molar-refractivity contribution in [3.63, 3.8) is 0 Å². The molecule has 0 saturated carbocycles. The Hall–Kier alpha value is -2.61. The van der Waals surface area contributed by atoms with Crippen LogP contribution in [0.1, 0.15) is 41.3 Å². The van der Waals surface area contributed by atoms with Crippen LogP contribution in [0.5, 0.6) is 11.5 Å². The number of carbonyl (C=O) groups is 2. The van der Waals surface area contributed by atoms with E-state index in [1.54, 1.807) is 17.0 Å². The molecule has 3 heterocycles. The summed E-state index contributed by atoms with van der Waals surface area (Å²) < 4.78 is 10.7. The lowest BCUT2D eigenvalue weighted by molar-refractivity contribution is -0.126. The summed E-state index contributed by atoms with van der Waals surface area (Å²) in [6, 6.07) is 5.43. The van der Waals surface area contributed by atoms with Crippen molar-refractivity contribution >= 4 is 28.8 Å². The second kappa shape index (κ2) is 8.26. The summed E-state index contributed by atoms with van der Waals surface area (Å²) in [5, 5.41) is 4.19. The molecule has 158 valence electrons. The molecule has 1 saturated heterocycles. The average Bonchev–Trinajstić information content (AvgIpc) is 3.47. The van der Waals surface area contributed by atoms with E-state index in [0.717, 1.165) is 24.9 Å². The lowest BCUT2D eigenvalue weighted by Gasteiger charge is -2.17. The smallest absolute Gasteiger partial charge is 0.231 e. The summed E-state index contributed by atoms with van der Waals surface area (Å²) in [5.41, 5.74) is 2.03. The number of hydrogen-bond donors (Lipinski definition) is 1. The van der Waals surface area contributed by atoms with Crippen molar-refractivity contribution < 1.29 is 19.1 Å². The molecular weight excluding hydrogens is 402 g/mol. The van der Waals surface area contributed by atoms with Crippen molar-refractivity contribution in [2.45, 2.75) is 44.9 Å². The van der Waals surface area contributed by atoms with Gasteiger partial charge in [0, 0.05) is 42.6 Å². The van der Waals surface area contributed by atoms with Crippen LogP contribution in [0.2, 0.25) is 0 Å². The molecule has 0 radical (unpaired) electrons. The molecule has 1 aromatic carbocycles. The Labute approximate surface area is 179 Å². The lowest BCUT2D eigenvalue weighted by Crippen LogP contribution is -2.33. The number of rotatable bonds is 6. The molecule has 7 nitrogen and oxygen atoms in total. The molecule has 1 aliphatic carbocycles. The minimum absolute atomic E-state index is 0.0395. The van der Waals surface area contributed by atoms with Crippen molar-refractivity contribution in [1.29, 1.82) is 0 Å². The highest BCUT2D eigenvalue weighted by molar-refractivity contribution is 7.11. The largest absolute Gasteiger partial charge is 0.454 e. The van der Waals surface area contributed by atoms with Crippen LogP contribution < -0.4 is 19.7 Å². The molecule has 2 aliphatic heterocycles. The molecule has 30 heavy (non-hydrogen) atoms. The number of carbonyl (C=O) groups excluding carboxylic acids is 2. The van der Waals surface area contributed by atoms with Crippen LogP contribution in [0.15, 0.2) is 18.2 Å². The number of aryl methyl sites for hydroxylation is 3. The van der Waals surface area contributed by atoms with Gasteiger partial charge in [-0.2, -0.15) is 0 Å². The van der Waals surface area contributed by atoms with Gasteiger partial charge in [0.2, 0.25) is 18.6 Å². The fraction of sp³-hybridized carbons (Fsp3) is 0.500. The fourth-order valence-corrected chi connectivity index (χ4v) is 5.49. The van der Waals surface area contributed by atoms with Gasteiger partial charge in [-0.3, -0.25) is 9.59 Å². The monoisotopic (exact) mass is 427 g/mol. The number of ether oxygens (including phenoxy) is 2. The Morgan fingerprint density at radius 2 is 2.10 bits per heavy atom. The van der Waals surface area contributed by atoms with Crippen molar-refractivity contribution in [3.05, 3.63) is 33.8 Å². The molecule has 2 aromatic rings. The Balaban J connectivity index is 1.11. The molecule has 1 unspecified atom stereocenters. The van der Waals surface area contributed by atoms with E-state index in [1.807, 2.05) is 17.4 Å². The highest BCUT2D eigenvalue weighted by atomic mass is 32.1. The Bertz CT molecular complexity index is 950. The average molecular weight is 428 g/mol. The quantitative estimate of drug-likeness (QED) is 0.717. The minimum atomic E-state index is -0.324. The molecule has 1 atom stereocenters. The van der Waals surface area contributed by atoms with E-state index in [0.29, 0.717) is 24.6 Å². The molecule has 5 rings (SSSR count). The summed E-state index contributed by atoms with van der Waals surface area (Å²) >= 11 is 1.83. The molecule has 2 amide bonds. The number of hydrogen-bond acceptors (Lipinski definition) is 6. The van der Waals surface area contributed by atoms with Gasteiger partial charge in [0.05, 0.1) is 16.6 Å². The van der Waals surface area contributed by atoms with Gasteiger partial charge in [-0.1, -0.05) is 0 Å². The second-order valence-corrected chi connectivity index (χ2v) is 9.19. The normalized spacial score (nSPS) is 19.8. The van der Waals surface area contributed by atoms with Crippen LogP contribution in [-0.2, 0) is 28.9 Å². The van der Waals surface area contributed by atoms with Gasteiger partial charge in [-0.15, -0.1) is 11.3 Å². The standard InChI is InChI=1S/C22H25N3O4S/c26-21-10-14(12-25(21)15-7-8-17-18(11-15)29-13-28-17)22(27)23-9-3-6-20-24-16-4-1-2-5-19(16)30-20/h7-8,11,14H,1-6,9-10,12-13H2,(H,23,27). The number of anilines is 1. The van der Waals surface area contributed by atoms with E-state index in [1.165, 1.54) is 34.8 Å². The van der Waals surface area contributed by atoms with Crippen LogP contribution in [0, 0.1) is 5.92 Å². The summed E-state index contributed by atoms with van der Waals surface area (Å²) in [4.78, 5) is 32.9. The van der Waals surface area contributed by atoms with Crippen molar-refractivity contribution in [1.82, 2.24) is 10.3 Å². The maximum absolute atomic E-state index is 12.6. The molecule has 8 heteroatoms. The van der Waals surface area contributed by atoms with Gasteiger partial charge >= 0.3 is 0 Å². The number of benzene rings is 1. The van der Waals surface area contributed by atoms with E-state index in [2.05, 4.69) is 5.32 Å². The summed E-state index contributed by atoms with van der Waals surface area (Å²) in [6.07, 6.45) is 6.79. The first-order valence-corrected chi connectivity index (χ1v) is 11.4. The van der Waals surface area contributed by atoms with E-state index in [-0.39, 0.29) is 30.9 Å². The number of thiazole rings is 1. The predicted molar refractivity (Wildman–Crippen MR) is 113 cm³/mol. The first-order valence-electron chi connectivity index (χ1n) is 10.6. The molecule has 3 aliphatic rings. The van der Waals surface area contributed by atoms with Crippen molar-refractivity contribution in [3.8, 4) is 11.5 Å². The molecule has 0 bridgehead atoms. The van der Waals surface area contributed by atoms with Crippen LogP contribution >= 0.6 is 11.3 Å². The van der Waals surface area contributed by atoms with Crippen LogP contribution in [0.3, 0.4) is 0 Å². The maximum Gasteiger partial charge on any atom is 0.231 e. The zero-order valence-electron chi connectivity index (χ0n) is 16.8. The SMILES string of the molecule is O=C(NCCCc1nc2c(s1)CCCC2)C1CC(=O)N(c2ccc3c(c2)OCO3)C1. The summed E-state index contributed by atoms with van der Waals surface area (Å²) in [5.74, 6) is 0.903. The molecule has 1 N–H and O–H groups in total. The van der Waals surface area contributed by atoms with Gasteiger partial charge in [0.1, 0.15) is 0 Å². The molecule has 1 aromatic heterocycles. The second-order valence-electron chi connectivity index (χ2n) is 8.02. The van der Waals surface area contributed by atoms with Gasteiger partial charge < -0.3 is 19.7 Å². The third kappa shape index (κ3) is 3.88. The number of aromatic nitrogens is 1. The summed E-state index contributed by atoms with van der Waals surface area (Å²) in [6.45, 7) is 1.20. The van der Waals surface area contributed by atoms with Crippen LogP contribution in [0.25, 0.3) is 0 Å². The van der Waals surface area contributed by atoms with Gasteiger partial charge in [0.15, 0.2) is 11.5 Å². The summed E-state index contributed by atoms with van der Waals surface area (Å²) in [7, 11) is 0. The molecule has 0 spiro atoms. The first kappa shape index (κ1) is 19.4. The Morgan fingerprint density at radius 3 is 3.00 bits per heavy atom. The number of amides is 2. The van der Waals surface area contributed by atoms with E-state index < -0.39 is 0 Å². The zero-order chi connectivity index (χ0) is 20.5. The topological polar surface area (TPSA) is 80.8 Å². The van der Waals surface area contributed by atoms with Crippen molar-refractivity contribution in [2.75, 3.05) is 24.8 Å². The minimum Gasteiger partial charge on any atom is -0.454 e. The fourth-order valence-electron chi connectivity index (χ4n) is 4.29. The van der Waals surface area contributed by atoms with Gasteiger partial charge in [0.25, 0.3) is 0 Å². The Morgan fingerprint density at radius 1 is 1.23 bits per heavy atom. The van der Waals surface area contributed by atoms with Gasteiger partial charge in [-0.25, -0.2) is 4.98 Å². The first-order chi connectivity index (χ1) is 14.7. The van der Waals surface area contributed by atoms with Gasteiger partial charge in [-0.05, 0) is 44.2 Å². The van der Waals surface area contributed by atoms with E-state index >= 15 is 0 Å². The highest BCUT2D eigenvalue weighted by Gasteiger charge is 2.35. The third-order valence-corrected chi connectivity index (χ3v) is 7.14. The number of nitrogens with zero attached hydrogens (tertiary/aromatic N) is 2. The molecular formula is C22H25N3O4S. The lowest BCUT2D eigenvalue weighted by atomic mass is 10.0. The zero-order valence-corrected chi connectivity index (χ0v) is 17.6. The predicted octanol–water partition coefficient (Wildman–Crippen LogP) is 2.85. The number of nitrogens with one attached hydrogen (secondary N) is 1. The highest BCUT2D eigenvalue weighted by Crippen LogP contribution is 2.37. The van der Waals surface area contributed by atoms with Crippen LogP contribution in [-0.4, -0.2) is 36.7 Å². The Kier molecular flexibility index (Phi) is 5.33. The van der Waals surface area contributed by atoms with E-state index in [4.69, 9.17) is 14.5 Å². The van der Waals surface area contributed by atoms with Crippen LogP contribution in [0.4, 0.5) is 5.69 Å². The molecule has 1 fully saturated rings. The van der Waals surface area contributed by atoms with E-state index in [9.17, 15) is 9.59 Å². The maximum atomic E-state index is 12.6.